The molecule has 1 rings (SSSR count). The highest BCUT2D eigenvalue weighted by molar-refractivity contribution is 5.71. The molecule has 0 atom stereocenters. The summed E-state index contributed by atoms with van der Waals surface area (Å²) >= 11 is 0. The highest BCUT2D eigenvalue weighted by Gasteiger charge is 2.10. The molecule has 15 heavy (non-hydrogen) atoms. The molecule has 0 bridgehead atoms. The Morgan fingerprint density at radius 2 is 2.27 bits per heavy atom. The van der Waals surface area contributed by atoms with Gasteiger partial charge in [-0.15, -0.1) is 0 Å². The first-order chi connectivity index (χ1) is 7.00. The third-order valence-electron chi connectivity index (χ3n) is 1.78. The lowest BCUT2D eigenvalue weighted by molar-refractivity contribution is -0.384. The summed E-state index contributed by atoms with van der Waals surface area (Å²) in [6, 6.07) is 5.50. The second-order valence-electron chi connectivity index (χ2n) is 2.97. The van der Waals surface area contributed by atoms with E-state index in [-0.39, 0.29) is 17.4 Å². The van der Waals surface area contributed by atoms with Gasteiger partial charge in [-0.25, -0.2) is 0 Å². The fraction of sp³-hybridized carbons (Fsp3) is 0.222. The molecule has 6 heteroatoms. The number of carbonyl (C=O) groups is 1. The van der Waals surface area contributed by atoms with Crippen LogP contribution in [0.1, 0.15) is 12.5 Å². The summed E-state index contributed by atoms with van der Waals surface area (Å²) in [5.74, 6) is -0.735. The molecule has 0 spiro atoms. The van der Waals surface area contributed by atoms with E-state index in [4.69, 9.17) is 0 Å². The lowest BCUT2D eigenvalue weighted by atomic mass is 10.2. The second-order valence-corrected chi connectivity index (χ2v) is 2.97. The van der Waals surface area contributed by atoms with Crippen LogP contribution >= 0.6 is 0 Å². The molecule has 1 amide bonds. The lowest BCUT2D eigenvalue weighted by Crippen LogP contribution is -2.18. The summed E-state index contributed by atoms with van der Waals surface area (Å²) < 4.78 is 12.9. The Morgan fingerprint density at radius 3 is 2.80 bits per heavy atom. The lowest BCUT2D eigenvalue weighted by Gasteiger charge is -2.08. The summed E-state index contributed by atoms with van der Waals surface area (Å²) in [5, 5.41) is 10.4. The number of halogens is 1. The highest BCUT2D eigenvalue weighted by atomic mass is 19.2. The van der Waals surface area contributed by atoms with Crippen molar-refractivity contribution in [2.24, 2.45) is 0 Å². The zero-order valence-corrected chi connectivity index (χ0v) is 8.01. The Bertz CT molecular complexity index is 395. The number of non-ortho nitro benzene ring substituents is 1. The zero-order valence-electron chi connectivity index (χ0n) is 8.01. The molecular formula is C9H9FN2O3. The van der Waals surface area contributed by atoms with Crippen molar-refractivity contribution >= 4 is 11.6 Å². The van der Waals surface area contributed by atoms with Gasteiger partial charge >= 0.3 is 0 Å². The molecule has 0 radical (unpaired) electrons. The number of nitro groups is 1. The molecule has 1 aromatic rings. The third-order valence-corrected chi connectivity index (χ3v) is 1.78. The van der Waals surface area contributed by atoms with Crippen LogP contribution in [-0.2, 0) is 11.3 Å². The largest absolute Gasteiger partial charge is 0.273 e. The molecule has 0 aliphatic carbocycles. The van der Waals surface area contributed by atoms with Crippen LogP contribution in [0, 0.1) is 10.1 Å². The van der Waals surface area contributed by atoms with Gasteiger partial charge in [0, 0.05) is 19.1 Å². The third kappa shape index (κ3) is 3.01. The van der Waals surface area contributed by atoms with Crippen molar-refractivity contribution in [3.63, 3.8) is 0 Å². The Labute approximate surface area is 85.2 Å². The van der Waals surface area contributed by atoms with Gasteiger partial charge in [0.15, 0.2) is 0 Å². The van der Waals surface area contributed by atoms with Crippen LogP contribution in [0.25, 0.3) is 0 Å². The normalized spacial score (nSPS) is 9.73. The molecule has 5 nitrogen and oxygen atoms in total. The molecule has 1 aromatic carbocycles. The summed E-state index contributed by atoms with van der Waals surface area (Å²) in [4.78, 5) is 20.4. The van der Waals surface area contributed by atoms with Crippen molar-refractivity contribution in [3.8, 4) is 0 Å². The van der Waals surface area contributed by atoms with Gasteiger partial charge in [0.1, 0.15) is 0 Å². The Morgan fingerprint density at radius 1 is 1.60 bits per heavy atom. The van der Waals surface area contributed by atoms with Gasteiger partial charge in [-0.1, -0.05) is 16.6 Å². The molecule has 0 aliphatic rings. The van der Waals surface area contributed by atoms with Crippen LogP contribution in [0.2, 0.25) is 0 Å². The van der Waals surface area contributed by atoms with Crippen LogP contribution in [0.4, 0.5) is 10.2 Å². The number of benzene rings is 1. The van der Waals surface area contributed by atoms with Gasteiger partial charge in [-0.05, 0) is 5.56 Å². The van der Waals surface area contributed by atoms with Gasteiger partial charge in [0.2, 0.25) is 5.91 Å². The average molecular weight is 212 g/mol. The average Bonchev–Trinajstić information content (AvgIpc) is 2.18. The Kier molecular flexibility index (Phi) is 3.33. The first kappa shape index (κ1) is 11.1. The van der Waals surface area contributed by atoms with Crippen LogP contribution in [0.3, 0.4) is 0 Å². The molecule has 0 aromatic heterocycles. The molecule has 0 saturated heterocycles. The minimum absolute atomic E-state index is 0.000933. The van der Waals surface area contributed by atoms with E-state index >= 15 is 0 Å². The van der Waals surface area contributed by atoms with E-state index in [1.54, 1.807) is 0 Å². The zero-order chi connectivity index (χ0) is 11.4. The monoisotopic (exact) mass is 212 g/mol. The molecule has 0 N–H and O–H groups in total. The Balaban J connectivity index is 2.82. The van der Waals surface area contributed by atoms with E-state index in [0.717, 1.165) is 6.92 Å². The van der Waals surface area contributed by atoms with E-state index in [1.165, 1.54) is 24.3 Å². The predicted molar refractivity (Wildman–Crippen MR) is 50.4 cm³/mol. The maximum absolute atomic E-state index is 12.9. The molecule has 0 fully saturated rings. The summed E-state index contributed by atoms with van der Waals surface area (Å²) in [5.41, 5.74) is 0.256. The smallest absolute Gasteiger partial charge is 0.269 e. The van der Waals surface area contributed by atoms with Crippen molar-refractivity contribution < 1.29 is 14.2 Å². The number of rotatable bonds is 3. The molecule has 80 valence electrons. The van der Waals surface area contributed by atoms with Crippen LogP contribution < -0.4 is 0 Å². The van der Waals surface area contributed by atoms with E-state index in [2.05, 4.69) is 0 Å². The van der Waals surface area contributed by atoms with Gasteiger partial charge in [0.05, 0.1) is 11.5 Å². The fourth-order valence-electron chi connectivity index (χ4n) is 1.04. The number of amides is 1. The number of hydrogen-bond acceptors (Lipinski definition) is 3. The standard InChI is InChI=1S/C9H9FN2O3/c1-7(13)11(10)6-8-3-2-4-9(5-8)12(14)15/h2-5H,6H2,1H3. The van der Waals surface area contributed by atoms with Gasteiger partial charge in [-0.2, -0.15) is 5.12 Å². The number of nitrogens with zero attached hydrogens (tertiary/aromatic N) is 2. The first-order valence-electron chi connectivity index (χ1n) is 4.18. The molecule has 0 heterocycles. The topological polar surface area (TPSA) is 63.5 Å². The van der Waals surface area contributed by atoms with Crippen LogP contribution in [-0.4, -0.2) is 16.0 Å². The first-order valence-corrected chi connectivity index (χ1v) is 4.18. The maximum atomic E-state index is 12.9. The van der Waals surface area contributed by atoms with Gasteiger partial charge < -0.3 is 0 Å². The molecule has 0 unspecified atom stereocenters. The number of nitro benzene ring substituents is 1. The molecule has 0 aliphatic heterocycles. The van der Waals surface area contributed by atoms with Crippen molar-refractivity contribution in [1.82, 2.24) is 5.12 Å². The van der Waals surface area contributed by atoms with Gasteiger partial charge in [-0.3, -0.25) is 14.9 Å². The van der Waals surface area contributed by atoms with Crippen molar-refractivity contribution in [1.29, 1.82) is 0 Å². The molecule has 0 saturated carbocycles. The van der Waals surface area contributed by atoms with Crippen LogP contribution in [0.5, 0.6) is 0 Å². The summed E-state index contributed by atoms with van der Waals surface area (Å²) in [6.45, 7) is 0.800. The van der Waals surface area contributed by atoms with E-state index < -0.39 is 10.8 Å². The van der Waals surface area contributed by atoms with Crippen molar-refractivity contribution in [2.75, 3.05) is 0 Å². The summed E-state index contributed by atoms with van der Waals surface area (Å²) in [7, 11) is 0. The molecular weight excluding hydrogens is 203 g/mol. The minimum Gasteiger partial charge on any atom is -0.273 e. The van der Waals surface area contributed by atoms with Crippen molar-refractivity contribution in [2.45, 2.75) is 13.5 Å². The van der Waals surface area contributed by atoms with E-state index in [0.29, 0.717) is 5.56 Å². The van der Waals surface area contributed by atoms with Crippen molar-refractivity contribution in [3.05, 3.63) is 39.9 Å². The Hall–Kier alpha value is -1.98. The van der Waals surface area contributed by atoms with Crippen LogP contribution in [0.15, 0.2) is 24.3 Å². The SMILES string of the molecule is CC(=O)N(F)Cc1cccc([N+](=O)[O-])c1. The summed E-state index contributed by atoms with van der Waals surface area (Å²) in [6.07, 6.45) is 0. The van der Waals surface area contributed by atoms with Gasteiger partial charge in [0.25, 0.3) is 5.69 Å². The predicted octanol–water partition coefficient (Wildman–Crippen LogP) is 1.83. The minimum atomic E-state index is -0.735. The van der Waals surface area contributed by atoms with E-state index in [1.807, 2.05) is 0 Å². The number of hydrogen-bond donors (Lipinski definition) is 0. The maximum Gasteiger partial charge on any atom is 0.269 e. The second kappa shape index (κ2) is 4.50. The number of carbonyl (C=O) groups excluding carboxylic acids is 1. The highest BCUT2D eigenvalue weighted by Crippen LogP contribution is 2.14. The quantitative estimate of drug-likeness (QED) is 0.436. The fourth-order valence-corrected chi connectivity index (χ4v) is 1.04. The van der Waals surface area contributed by atoms with E-state index in [9.17, 15) is 19.4 Å².